The van der Waals surface area contributed by atoms with E-state index in [4.69, 9.17) is 10.5 Å². The van der Waals surface area contributed by atoms with Gasteiger partial charge in [0.05, 0.1) is 18.7 Å². The highest BCUT2D eigenvalue weighted by Gasteiger charge is 2.41. The van der Waals surface area contributed by atoms with E-state index in [1.807, 2.05) is 23.1 Å². The lowest BCUT2D eigenvalue weighted by atomic mass is 9.84. The molecule has 1 heterocycles. The molecule has 1 aromatic carbocycles. The van der Waals surface area contributed by atoms with Gasteiger partial charge in [0.25, 0.3) is 0 Å². The molecule has 24 heavy (non-hydrogen) atoms. The molecule has 3 rings (SSSR count). The van der Waals surface area contributed by atoms with Crippen molar-refractivity contribution in [1.82, 2.24) is 4.90 Å². The average molecular weight is 353 g/mol. The first kappa shape index (κ1) is 19.2. The second kappa shape index (κ2) is 7.85. The predicted molar refractivity (Wildman–Crippen MR) is 98.1 cm³/mol. The summed E-state index contributed by atoms with van der Waals surface area (Å²) < 4.78 is 6.05. The van der Waals surface area contributed by atoms with Gasteiger partial charge in [-0.05, 0) is 38.7 Å². The van der Waals surface area contributed by atoms with E-state index in [-0.39, 0.29) is 41.9 Å². The highest BCUT2D eigenvalue weighted by molar-refractivity contribution is 5.85. The van der Waals surface area contributed by atoms with Crippen LogP contribution in [0.4, 0.5) is 0 Å². The second-order valence-electron chi connectivity index (χ2n) is 7.60. The molecule has 1 aliphatic heterocycles. The molecule has 1 saturated heterocycles. The molecule has 0 aromatic heterocycles. The minimum atomic E-state index is -0.260. The molecule has 2 N–H and O–H groups in total. The van der Waals surface area contributed by atoms with Gasteiger partial charge in [0.15, 0.2) is 0 Å². The summed E-state index contributed by atoms with van der Waals surface area (Å²) in [5.74, 6) is 0.335. The van der Waals surface area contributed by atoms with Crippen molar-refractivity contribution in [3.8, 4) is 0 Å². The minimum absolute atomic E-state index is 0. The summed E-state index contributed by atoms with van der Waals surface area (Å²) in [5.41, 5.74) is 6.96. The quantitative estimate of drug-likeness (QED) is 0.888. The number of halogens is 1. The third-order valence-corrected chi connectivity index (χ3v) is 5.22. The van der Waals surface area contributed by atoms with Crippen molar-refractivity contribution >= 4 is 18.3 Å². The fraction of sp³-hybridized carbons (Fsp3) is 0.632. The van der Waals surface area contributed by atoms with Crippen LogP contribution in [0.1, 0.15) is 51.2 Å². The zero-order chi connectivity index (χ0) is 16.4. The number of benzene rings is 1. The first-order valence-electron chi connectivity index (χ1n) is 8.71. The van der Waals surface area contributed by atoms with Gasteiger partial charge < -0.3 is 15.4 Å². The van der Waals surface area contributed by atoms with Crippen LogP contribution in [0, 0.1) is 5.92 Å². The Balaban J connectivity index is 0.00000208. The number of nitrogens with two attached hydrogens (primary N) is 1. The third-order valence-electron chi connectivity index (χ3n) is 5.22. The zero-order valence-corrected chi connectivity index (χ0v) is 15.4. The Kier molecular flexibility index (Phi) is 6.29. The maximum Gasteiger partial charge on any atom is 0.226 e. The number of morpholine rings is 1. The van der Waals surface area contributed by atoms with E-state index in [0.29, 0.717) is 13.2 Å². The normalized spacial score (nSPS) is 29.6. The van der Waals surface area contributed by atoms with Crippen LogP contribution in [0.25, 0.3) is 0 Å². The molecule has 2 aliphatic rings. The summed E-state index contributed by atoms with van der Waals surface area (Å²) in [6, 6.07) is 10.4. The fourth-order valence-electron chi connectivity index (χ4n) is 3.78. The topological polar surface area (TPSA) is 55.6 Å². The van der Waals surface area contributed by atoms with Crippen LogP contribution < -0.4 is 5.73 Å². The minimum Gasteiger partial charge on any atom is -0.369 e. The van der Waals surface area contributed by atoms with Gasteiger partial charge in [-0.1, -0.05) is 36.8 Å². The third kappa shape index (κ3) is 4.11. The molecule has 1 aromatic rings. The molecule has 1 amide bonds. The molecule has 1 saturated carbocycles. The number of hydrogen-bond acceptors (Lipinski definition) is 3. The second-order valence-corrected chi connectivity index (χ2v) is 7.60. The molecule has 5 heteroatoms. The summed E-state index contributed by atoms with van der Waals surface area (Å²) in [6.07, 6.45) is 3.86. The summed E-state index contributed by atoms with van der Waals surface area (Å²) >= 11 is 0. The Bertz CT molecular complexity index is 550. The van der Waals surface area contributed by atoms with E-state index in [9.17, 15) is 4.79 Å². The van der Waals surface area contributed by atoms with Crippen LogP contribution in [0.3, 0.4) is 0 Å². The first-order chi connectivity index (χ1) is 11.0. The van der Waals surface area contributed by atoms with Crippen molar-refractivity contribution in [2.75, 3.05) is 13.2 Å². The van der Waals surface area contributed by atoms with Gasteiger partial charge in [0, 0.05) is 12.0 Å². The summed E-state index contributed by atoms with van der Waals surface area (Å²) in [7, 11) is 0. The molecule has 3 unspecified atom stereocenters. The lowest BCUT2D eigenvalue weighted by molar-refractivity contribution is -0.160. The summed E-state index contributed by atoms with van der Waals surface area (Å²) in [4.78, 5) is 15.1. The molecule has 0 bridgehead atoms. The Morgan fingerprint density at radius 1 is 1.25 bits per heavy atom. The average Bonchev–Trinajstić information content (AvgIpc) is 2.55. The number of nitrogens with zero attached hydrogens (tertiary/aromatic N) is 1. The predicted octanol–water partition coefficient (Wildman–Crippen LogP) is 3.30. The van der Waals surface area contributed by atoms with E-state index < -0.39 is 0 Å². The number of carbonyl (C=O) groups excluding carboxylic acids is 1. The summed E-state index contributed by atoms with van der Waals surface area (Å²) in [6.45, 7) is 5.38. The largest absolute Gasteiger partial charge is 0.369 e. The molecule has 134 valence electrons. The van der Waals surface area contributed by atoms with Gasteiger partial charge in [-0.2, -0.15) is 0 Å². The maximum absolute atomic E-state index is 13.1. The van der Waals surface area contributed by atoms with E-state index in [2.05, 4.69) is 26.0 Å². The van der Waals surface area contributed by atoms with Crippen molar-refractivity contribution in [1.29, 1.82) is 0 Å². The first-order valence-corrected chi connectivity index (χ1v) is 8.71. The molecular formula is C19H29ClN2O2. The van der Waals surface area contributed by atoms with Crippen molar-refractivity contribution in [2.45, 2.75) is 57.2 Å². The van der Waals surface area contributed by atoms with Gasteiger partial charge in [0.2, 0.25) is 5.91 Å². The van der Waals surface area contributed by atoms with Crippen LogP contribution >= 0.6 is 12.4 Å². The molecule has 2 fully saturated rings. The number of rotatable bonds is 2. The van der Waals surface area contributed by atoms with Crippen molar-refractivity contribution < 1.29 is 9.53 Å². The Hall–Kier alpha value is -1.10. The van der Waals surface area contributed by atoms with Gasteiger partial charge >= 0.3 is 0 Å². The smallest absolute Gasteiger partial charge is 0.226 e. The van der Waals surface area contributed by atoms with Gasteiger partial charge in [-0.3, -0.25) is 4.79 Å². The number of ether oxygens (including phenoxy) is 1. The Morgan fingerprint density at radius 2 is 1.96 bits per heavy atom. The highest BCUT2D eigenvalue weighted by atomic mass is 35.5. The van der Waals surface area contributed by atoms with Gasteiger partial charge in [0.1, 0.15) is 6.10 Å². The Morgan fingerprint density at radius 3 is 2.62 bits per heavy atom. The van der Waals surface area contributed by atoms with Crippen LogP contribution in [0.2, 0.25) is 0 Å². The van der Waals surface area contributed by atoms with Crippen LogP contribution in [-0.4, -0.2) is 35.5 Å². The van der Waals surface area contributed by atoms with Gasteiger partial charge in [-0.15, -0.1) is 12.4 Å². The van der Waals surface area contributed by atoms with Crippen molar-refractivity contribution in [2.24, 2.45) is 11.7 Å². The lowest BCUT2D eigenvalue weighted by Crippen LogP contribution is -2.58. The molecule has 1 aliphatic carbocycles. The molecule has 4 nitrogen and oxygen atoms in total. The van der Waals surface area contributed by atoms with Crippen molar-refractivity contribution in [3.05, 3.63) is 35.9 Å². The van der Waals surface area contributed by atoms with E-state index in [0.717, 1.165) is 31.2 Å². The van der Waals surface area contributed by atoms with E-state index >= 15 is 0 Å². The zero-order valence-electron chi connectivity index (χ0n) is 14.6. The van der Waals surface area contributed by atoms with E-state index in [1.165, 1.54) is 0 Å². The monoisotopic (exact) mass is 352 g/mol. The Labute approximate surface area is 151 Å². The van der Waals surface area contributed by atoms with E-state index in [1.54, 1.807) is 0 Å². The van der Waals surface area contributed by atoms with Gasteiger partial charge in [-0.25, -0.2) is 0 Å². The van der Waals surface area contributed by atoms with Crippen molar-refractivity contribution in [3.63, 3.8) is 0 Å². The standard InChI is InChI=1S/C19H28N2O2.ClH/c1-19(2)13-23-17(14-7-4-3-5-8-14)12-21(19)18(22)15-9-6-10-16(20)11-15;/h3-5,7-8,15-17H,6,9-13,20H2,1-2H3;1H. The molecule has 3 atom stereocenters. The fourth-order valence-corrected chi connectivity index (χ4v) is 3.78. The SMILES string of the molecule is CC1(C)COC(c2ccccc2)CN1C(=O)C1CCCC(N)C1.Cl. The number of amides is 1. The maximum atomic E-state index is 13.1. The summed E-state index contributed by atoms with van der Waals surface area (Å²) in [5, 5.41) is 0. The molecule has 0 radical (unpaired) electrons. The number of carbonyl (C=O) groups is 1. The van der Waals surface area contributed by atoms with Crippen LogP contribution in [0.15, 0.2) is 30.3 Å². The highest BCUT2D eigenvalue weighted by Crippen LogP contribution is 2.34. The lowest BCUT2D eigenvalue weighted by Gasteiger charge is -2.47. The molecule has 0 spiro atoms. The number of hydrogen-bond donors (Lipinski definition) is 1. The van der Waals surface area contributed by atoms with Crippen LogP contribution in [0.5, 0.6) is 0 Å². The molecular weight excluding hydrogens is 324 g/mol. The van der Waals surface area contributed by atoms with Crippen LogP contribution in [-0.2, 0) is 9.53 Å².